The van der Waals surface area contributed by atoms with E-state index in [0.29, 0.717) is 0 Å². The highest BCUT2D eigenvalue weighted by Gasteiger charge is 2.34. The second kappa shape index (κ2) is 13.3. The van der Waals surface area contributed by atoms with Gasteiger partial charge in [-0.1, -0.05) is 59.6 Å². The third-order valence-electron chi connectivity index (χ3n) is 5.79. The maximum atomic E-state index is 11.9. The van der Waals surface area contributed by atoms with Crippen LogP contribution in [0.4, 0.5) is 0 Å². The summed E-state index contributed by atoms with van der Waals surface area (Å²) in [6, 6.07) is 0. The van der Waals surface area contributed by atoms with Gasteiger partial charge < -0.3 is 9.55 Å². The Morgan fingerprint density at radius 3 is 2.17 bits per heavy atom. The molecule has 0 saturated heterocycles. The van der Waals surface area contributed by atoms with Crippen LogP contribution in [0.15, 0.2) is 47.9 Å². The number of Topliss-reactive ketones (excluding diaryl/α,β-unsaturated/α-hetero) is 1. The zero-order chi connectivity index (χ0) is 23.5. The van der Waals surface area contributed by atoms with Gasteiger partial charge in [0.2, 0.25) is 0 Å². The van der Waals surface area contributed by atoms with Crippen molar-refractivity contribution in [2.24, 2.45) is 5.92 Å². The number of nitrogens with zero attached hydrogens (tertiary/aromatic N) is 1. The highest BCUT2D eigenvalue weighted by molar-refractivity contribution is 7.81. The van der Waals surface area contributed by atoms with E-state index in [2.05, 4.69) is 46.9 Å². The molecular formula is C25H43BNO2S. The molecular weight excluding hydrogens is 389 g/mol. The maximum Gasteiger partial charge on any atom is 0.332 e. The van der Waals surface area contributed by atoms with Gasteiger partial charge in [0.05, 0.1) is 11.3 Å². The molecule has 1 rings (SSSR count). The van der Waals surface area contributed by atoms with Crippen LogP contribution >= 0.6 is 12.6 Å². The van der Waals surface area contributed by atoms with E-state index in [9.17, 15) is 4.79 Å². The van der Waals surface area contributed by atoms with E-state index in [1.165, 1.54) is 12.8 Å². The molecule has 0 unspecified atom stereocenters. The summed E-state index contributed by atoms with van der Waals surface area (Å²) in [6.07, 6.45) is 11.9. The van der Waals surface area contributed by atoms with Gasteiger partial charge >= 0.3 is 7.48 Å². The second-order valence-corrected chi connectivity index (χ2v) is 10.1. The lowest BCUT2D eigenvalue weighted by Crippen LogP contribution is -2.44. The van der Waals surface area contributed by atoms with Crippen LogP contribution in [-0.4, -0.2) is 28.5 Å². The predicted molar refractivity (Wildman–Crippen MR) is 136 cm³/mol. The van der Waals surface area contributed by atoms with Crippen LogP contribution in [0.25, 0.3) is 0 Å². The molecule has 1 aliphatic rings. The fourth-order valence-corrected chi connectivity index (χ4v) is 2.45. The van der Waals surface area contributed by atoms with Crippen molar-refractivity contribution in [2.75, 3.05) is 0 Å². The summed E-state index contributed by atoms with van der Waals surface area (Å²) in [6.45, 7) is 22.3. The van der Waals surface area contributed by atoms with Crippen molar-refractivity contribution in [3.05, 3.63) is 47.9 Å². The van der Waals surface area contributed by atoms with E-state index in [0.717, 1.165) is 35.5 Å². The number of rotatable bonds is 10. The Kier molecular flexibility index (Phi) is 12.7. The highest BCUT2D eigenvalue weighted by atomic mass is 32.1. The molecule has 0 spiro atoms. The topological polar surface area (TPSA) is 29.5 Å². The minimum atomic E-state index is -0.424. The molecule has 0 aliphatic carbocycles. The lowest BCUT2D eigenvalue weighted by Gasteiger charge is -2.38. The molecule has 0 aromatic rings. The fraction of sp³-hybridized carbons (Fsp3) is 0.640. The van der Waals surface area contributed by atoms with Gasteiger partial charge in [-0.2, -0.15) is 12.6 Å². The summed E-state index contributed by atoms with van der Waals surface area (Å²) in [5.74, 6) is 1.03. The van der Waals surface area contributed by atoms with Crippen molar-refractivity contribution in [3.8, 4) is 0 Å². The first-order valence-electron chi connectivity index (χ1n) is 11.1. The molecule has 1 heterocycles. The number of hydrogen-bond acceptors (Lipinski definition) is 4. The van der Waals surface area contributed by atoms with Gasteiger partial charge in [0.25, 0.3) is 0 Å². The van der Waals surface area contributed by atoms with Crippen molar-refractivity contribution in [1.29, 1.82) is 0 Å². The molecule has 0 fully saturated rings. The Balaban J connectivity index is 0.00000122. The highest BCUT2D eigenvalue weighted by Crippen LogP contribution is 2.31. The number of hydrogen-bond donors (Lipinski definition) is 1. The molecule has 5 heteroatoms. The summed E-state index contributed by atoms with van der Waals surface area (Å²) >= 11 is 4.60. The van der Waals surface area contributed by atoms with Crippen LogP contribution in [-0.2, 0) is 9.45 Å². The average Bonchev–Trinajstić information content (AvgIpc) is 2.69. The van der Waals surface area contributed by atoms with Gasteiger partial charge in [0.1, 0.15) is 0 Å². The van der Waals surface area contributed by atoms with Gasteiger partial charge in [-0.25, -0.2) is 0 Å². The van der Waals surface area contributed by atoms with Gasteiger partial charge in [0, 0.05) is 22.7 Å². The van der Waals surface area contributed by atoms with Crippen LogP contribution < -0.4 is 0 Å². The van der Waals surface area contributed by atoms with Crippen molar-refractivity contribution in [3.63, 3.8) is 0 Å². The third-order valence-corrected chi connectivity index (χ3v) is 6.33. The van der Waals surface area contributed by atoms with Crippen LogP contribution in [0.5, 0.6) is 0 Å². The van der Waals surface area contributed by atoms with Gasteiger partial charge in [-0.05, 0) is 58.5 Å². The molecule has 1 aliphatic heterocycles. The molecule has 0 saturated carbocycles. The number of carbonyl (C=O) groups excluding carboxylic acids is 1. The molecule has 0 amide bonds. The summed E-state index contributed by atoms with van der Waals surface area (Å²) in [5, 5.41) is 0. The van der Waals surface area contributed by atoms with E-state index in [1.807, 2.05) is 50.9 Å². The zero-order valence-corrected chi connectivity index (χ0v) is 21.6. The smallest absolute Gasteiger partial charge is 0.332 e. The Bertz CT molecular complexity index is 653. The average molecular weight is 433 g/mol. The van der Waals surface area contributed by atoms with E-state index in [-0.39, 0.29) is 10.5 Å². The monoisotopic (exact) mass is 432 g/mol. The molecule has 0 N–H and O–H groups in total. The maximum absolute atomic E-state index is 11.9. The lowest BCUT2D eigenvalue weighted by atomic mass is 9.82. The molecule has 0 bridgehead atoms. The van der Waals surface area contributed by atoms with Crippen molar-refractivity contribution in [2.45, 2.75) is 98.3 Å². The second-order valence-electron chi connectivity index (χ2n) is 8.95. The van der Waals surface area contributed by atoms with E-state index in [1.54, 1.807) is 20.6 Å². The normalized spacial score (nSPS) is 16.0. The first kappa shape index (κ1) is 28.8. The number of thiol groups is 1. The Morgan fingerprint density at radius 2 is 1.80 bits per heavy atom. The Labute approximate surface area is 192 Å². The minimum absolute atomic E-state index is 0.0957. The molecule has 0 aromatic carbocycles. The van der Waals surface area contributed by atoms with Gasteiger partial charge in [-0.15, -0.1) is 0 Å². The van der Waals surface area contributed by atoms with Crippen LogP contribution in [0, 0.1) is 5.92 Å². The number of carbonyl (C=O) groups is 1. The van der Waals surface area contributed by atoms with E-state index >= 15 is 0 Å². The molecule has 0 atom stereocenters. The van der Waals surface area contributed by atoms with Crippen molar-refractivity contribution < 1.29 is 9.45 Å². The van der Waals surface area contributed by atoms with E-state index < -0.39 is 5.60 Å². The van der Waals surface area contributed by atoms with Gasteiger partial charge in [-0.3, -0.25) is 4.79 Å². The van der Waals surface area contributed by atoms with Crippen molar-refractivity contribution in [1.82, 2.24) is 4.90 Å². The summed E-state index contributed by atoms with van der Waals surface area (Å²) in [5.41, 5.74) is 2.18. The Morgan fingerprint density at radius 1 is 1.23 bits per heavy atom. The molecule has 30 heavy (non-hydrogen) atoms. The van der Waals surface area contributed by atoms with Gasteiger partial charge in [0.15, 0.2) is 5.78 Å². The SMILES string of the molecule is C=CN1C=C([B]OC(C)(C)C(C)(C)S)C=C/C1=C(/CCC)C(C)=O.CCC(C)CC. The number of allylic oxidation sites excluding steroid dienone is 4. The summed E-state index contributed by atoms with van der Waals surface area (Å²) in [4.78, 5) is 13.8. The molecule has 3 nitrogen and oxygen atoms in total. The standard InChI is InChI=1S/C19H29BNO2S.C6H14/c1-8-10-16(14(3)22)17-12-11-15(13-21(17)9-2)20-23-18(4,5)19(6,7)24;1-4-6(3)5-2/h9,11-13,24H,2,8,10H2,1,3-7H3;6H,4-5H2,1-3H3/b17-16+;. The summed E-state index contributed by atoms with van der Waals surface area (Å²) < 4.78 is 5.67. The Hall–Kier alpha value is -1.20. The predicted octanol–water partition coefficient (Wildman–Crippen LogP) is 7.05. The first-order valence-corrected chi connectivity index (χ1v) is 11.6. The van der Waals surface area contributed by atoms with E-state index in [4.69, 9.17) is 4.65 Å². The molecule has 1 radical (unpaired) electrons. The van der Waals surface area contributed by atoms with Crippen LogP contribution in [0.1, 0.15) is 88.0 Å². The zero-order valence-electron chi connectivity index (χ0n) is 20.7. The molecule has 169 valence electrons. The first-order chi connectivity index (χ1) is 13.8. The lowest BCUT2D eigenvalue weighted by molar-refractivity contribution is -0.113. The number of ketones is 1. The minimum Gasteiger partial charge on any atom is -0.428 e. The van der Waals surface area contributed by atoms with Crippen LogP contribution in [0.3, 0.4) is 0 Å². The molecule has 0 aromatic heterocycles. The quantitative estimate of drug-likeness (QED) is 0.228. The largest absolute Gasteiger partial charge is 0.428 e. The fourth-order valence-electron chi connectivity index (χ4n) is 2.39. The van der Waals surface area contributed by atoms with Crippen molar-refractivity contribution >= 4 is 25.9 Å². The van der Waals surface area contributed by atoms with Crippen LogP contribution in [0.2, 0.25) is 0 Å². The third kappa shape index (κ3) is 9.30. The summed E-state index contributed by atoms with van der Waals surface area (Å²) in [7, 11) is 1.73.